The largest absolute Gasteiger partial charge is 0.475 e. The van der Waals surface area contributed by atoms with Crippen LogP contribution < -0.4 is 19.9 Å². The van der Waals surface area contributed by atoms with Crippen molar-refractivity contribution in [2.75, 3.05) is 56.2 Å². The number of pyridine rings is 1. The maximum absolute atomic E-state index is 10.4. The van der Waals surface area contributed by atoms with E-state index >= 15 is 0 Å². The number of benzene rings is 2. The zero-order valence-electron chi connectivity index (χ0n) is 23.3. The summed E-state index contributed by atoms with van der Waals surface area (Å²) in [5.74, 6) is 1.31. The molecule has 6 rings (SSSR count). The van der Waals surface area contributed by atoms with Crippen molar-refractivity contribution in [1.82, 2.24) is 15.2 Å². The molecule has 214 valence electrons. The van der Waals surface area contributed by atoms with Crippen LogP contribution in [0.1, 0.15) is 36.0 Å². The van der Waals surface area contributed by atoms with E-state index in [1.54, 1.807) is 0 Å². The van der Waals surface area contributed by atoms with E-state index < -0.39 is 0 Å². The summed E-state index contributed by atoms with van der Waals surface area (Å²) in [5, 5.41) is 26.0. The third-order valence-electron chi connectivity index (χ3n) is 8.60. The Kier molecular flexibility index (Phi) is 9.06. The minimum absolute atomic E-state index is 0. The lowest BCUT2D eigenvalue weighted by atomic mass is 9.94. The Labute approximate surface area is 252 Å². The van der Waals surface area contributed by atoms with Crippen molar-refractivity contribution in [3.63, 3.8) is 0 Å². The number of hydrogen-bond acceptors (Lipinski definition) is 8. The highest BCUT2D eigenvalue weighted by atomic mass is 35.5. The van der Waals surface area contributed by atoms with E-state index in [0.717, 1.165) is 83.9 Å². The molecule has 3 aliphatic heterocycles. The second kappa shape index (κ2) is 12.7. The van der Waals surface area contributed by atoms with E-state index in [1.165, 1.54) is 0 Å². The number of nitrogens with zero attached hydrogens (tertiary/aromatic N) is 6. The van der Waals surface area contributed by atoms with Crippen LogP contribution >= 0.6 is 24.0 Å². The summed E-state index contributed by atoms with van der Waals surface area (Å²) in [4.78, 5) is 12.0. The monoisotopic (exact) mass is 591 g/mol. The summed E-state index contributed by atoms with van der Waals surface area (Å²) < 4.78 is 6.38. The van der Waals surface area contributed by atoms with E-state index in [2.05, 4.69) is 63.5 Å². The highest BCUT2D eigenvalue weighted by Gasteiger charge is 2.32. The Balaban J connectivity index is 0.00000337. The van der Waals surface area contributed by atoms with Gasteiger partial charge in [0.1, 0.15) is 24.1 Å². The molecule has 1 aromatic heterocycles. The fourth-order valence-corrected chi connectivity index (χ4v) is 6.72. The number of hydrogen-bond donors (Lipinski definition) is 1. The van der Waals surface area contributed by atoms with Crippen LogP contribution in [-0.2, 0) is 13.0 Å². The highest BCUT2D eigenvalue weighted by Crippen LogP contribution is 2.40. The minimum Gasteiger partial charge on any atom is -0.475 e. The van der Waals surface area contributed by atoms with Crippen LogP contribution in [0, 0.1) is 22.7 Å². The molecule has 1 N–H and O–H groups in total. The number of aromatic nitrogens is 1. The molecule has 2 unspecified atom stereocenters. The minimum atomic E-state index is 0. The van der Waals surface area contributed by atoms with Gasteiger partial charge in [0, 0.05) is 67.0 Å². The molecule has 3 aliphatic rings. The third kappa shape index (κ3) is 5.76. The lowest BCUT2D eigenvalue weighted by molar-refractivity contribution is 0.192. The molecule has 4 heterocycles. The molecule has 2 atom stereocenters. The first-order valence-corrected chi connectivity index (χ1v) is 14.5. The number of piperazine rings is 1. The van der Waals surface area contributed by atoms with Crippen LogP contribution in [0.4, 0.5) is 11.5 Å². The second-order valence-electron chi connectivity index (χ2n) is 11.0. The van der Waals surface area contributed by atoms with Gasteiger partial charge in [0.2, 0.25) is 5.88 Å². The molecule has 8 nitrogen and oxygen atoms in total. The molecular formula is C31H35Cl2N7O. The topological polar surface area (TPSA) is 91.5 Å². The van der Waals surface area contributed by atoms with Crippen LogP contribution in [0.3, 0.4) is 0 Å². The maximum Gasteiger partial charge on any atom is 0.234 e. The molecular weight excluding hydrogens is 557 g/mol. The molecule has 3 aromatic rings. The van der Waals surface area contributed by atoms with Crippen LogP contribution in [0.5, 0.6) is 5.88 Å². The van der Waals surface area contributed by atoms with E-state index in [9.17, 15) is 10.5 Å². The predicted molar refractivity (Wildman–Crippen MR) is 165 cm³/mol. The number of halogens is 2. The lowest BCUT2D eigenvalue weighted by Gasteiger charge is -2.38. The molecule has 0 aliphatic carbocycles. The summed E-state index contributed by atoms with van der Waals surface area (Å²) in [6.45, 7) is 5.21. The quantitative estimate of drug-likeness (QED) is 0.432. The fraction of sp³-hybridized carbons (Fsp3) is 0.452. The Morgan fingerprint density at radius 2 is 1.93 bits per heavy atom. The van der Waals surface area contributed by atoms with Gasteiger partial charge in [0.25, 0.3) is 0 Å². The van der Waals surface area contributed by atoms with Gasteiger partial charge in [0.15, 0.2) is 0 Å². The molecule has 0 spiro atoms. The lowest BCUT2D eigenvalue weighted by Crippen LogP contribution is -2.51. The Morgan fingerprint density at radius 3 is 2.68 bits per heavy atom. The van der Waals surface area contributed by atoms with E-state index in [4.69, 9.17) is 21.3 Å². The highest BCUT2D eigenvalue weighted by molar-refractivity contribution is 6.36. The number of likely N-dealkylation sites (N-methyl/N-ethyl adjacent to an activating group) is 1. The van der Waals surface area contributed by atoms with Gasteiger partial charge >= 0.3 is 0 Å². The van der Waals surface area contributed by atoms with E-state index in [1.807, 2.05) is 12.1 Å². The van der Waals surface area contributed by atoms with Gasteiger partial charge in [0.05, 0.1) is 17.5 Å². The SMILES string of the molecule is CN1CCCC1COc1nc(N2CCNC(CC#N)C2)c2c(c1C#N)CN(c1cccc3cccc(Cl)c13)CC2.Cl. The summed E-state index contributed by atoms with van der Waals surface area (Å²) in [7, 11) is 2.13. The van der Waals surface area contributed by atoms with Gasteiger partial charge in [-0.05, 0) is 50.4 Å². The van der Waals surface area contributed by atoms with Crippen LogP contribution in [-0.4, -0.2) is 68.3 Å². The Bertz CT molecular complexity index is 1500. The van der Waals surface area contributed by atoms with Crippen molar-refractivity contribution in [2.24, 2.45) is 0 Å². The van der Waals surface area contributed by atoms with Crippen molar-refractivity contribution < 1.29 is 4.74 Å². The fourth-order valence-electron chi connectivity index (χ4n) is 6.44. The average Bonchev–Trinajstić information content (AvgIpc) is 3.39. The van der Waals surface area contributed by atoms with Crippen molar-refractivity contribution in [3.05, 3.63) is 58.1 Å². The van der Waals surface area contributed by atoms with Crippen LogP contribution in [0.25, 0.3) is 10.8 Å². The molecule has 2 saturated heterocycles. The van der Waals surface area contributed by atoms with Crippen molar-refractivity contribution in [3.8, 4) is 18.0 Å². The smallest absolute Gasteiger partial charge is 0.234 e. The summed E-state index contributed by atoms with van der Waals surface area (Å²) >= 11 is 6.70. The number of ether oxygens (including phenoxy) is 1. The average molecular weight is 593 g/mol. The third-order valence-corrected chi connectivity index (χ3v) is 8.91. The Hall–Kier alpha value is -3.27. The molecule has 2 aromatic carbocycles. The van der Waals surface area contributed by atoms with Gasteiger partial charge in [-0.3, -0.25) is 0 Å². The van der Waals surface area contributed by atoms with Crippen molar-refractivity contribution in [2.45, 2.75) is 44.3 Å². The van der Waals surface area contributed by atoms with Crippen molar-refractivity contribution >= 4 is 46.3 Å². The summed E-state index contributed by atoms with van der Waals surface area (Å²) in [5.41, 5.74) is 3.69. The van der Waals surface area contributed by atoms with Gasteiger partial charge in [-0.15, -0.1) is 12.4 Å². The number of fused-ring (bicyclic) bond motifs is 2. The van der Waals surface area contributed by atoms with E-state index in [0.29, 0.717) is 43.6 Å². The first-order chi connectivity index (χ1) is 19.6. The molecule has 0 bridgehead atoms. The van der Waals surface area contributed by atoms with Gasteiger partial charge in [-0.25, -0.2) is 0 Å². The number of rotatable bonds is 6. The van der Waals surface area contributed by atoms with E-state index in [-0.39, 0.29) is 18.4 Å². The van der Waals surface area contributed by atoms with Gasteiger partial charge in [-0.2, -0.15) is 15.5 Å². The molecule has 0 radical (unpaired) electrons. The number of likely N-dealkylation sites (tertiary alicyclic amines) is 1. The predicted octanol–water partition coefficient (Wildman–Crippen LogP) is 4.91. The normalized spacial score (nSPS) is 20.7. The molecule has 0 saturated carbocycles. The number of anilines is 2. The van der Waals surface area contributed by atoms with Crippen LogP contribution in [0.2, 0.25) is 5.02 Å². The molecule has 2 fully saturated rings. The number of nitriles is 2. The van der Waals surface area contributed by atoms with Crippen molar-refractivity contribution in [1.29, 1.82) is 10.5 Å². The molecule has 10 heteroatoms. The zero-order valence-corrected chi connectivity index (χ0v) is 24.8. The van der Waals surface area contributed by atoms with Crippen LogP contribution in [0.15, 0.2) is 36.4 Å². The van der Waals surface area contributed by atoms with Gasteiger partial charge in [-0.1, -0.05) is 35.9 Å². The first-order valence-electron chi connectivity index (χ1n) is 14.1. The summed E-state index contributed by atoms with van der Waals surface area (Å²) in [6, 6.07) is 17.4. The maximum atomic E-state index is 10.4. The molecule has 0 amide bonds. The summed E-state index contributed by atoms with van der Waals surface area (Å²) in [6.07, 6.45) is 3.44. The van der Waals surface area contributed by atoms with Gasteiger partial charge < -0.3 is 24.8 Å². The molecule has 41 heavy (non-hydrogen) atoms. The standard InChI is InChI=1S/C31H34ClN7O.ClH/c1-37-14-4-7-23(37)20-40-31-25(17-34)26-19-38(28-9-3-6-21-5-2-8-27(32)29(21)28)15-11-24(26)30(36-31)39-16-13-35-22(18-39)10-12-33;/h2-3,5-6,8-9,22-23,35H,4,7,10-11,13-16,18-20H2,1H3;1H. The number of nitrogens with one attached hydrogen (secondary N) is 1. The first kappa shape index (κ1) is 29.2. The zero-order chi connectivity index (χ0) is 27.6. The second-order valence-corrected chi connectivity index (χ2v) is 11.4. The Morgan fingerprint density at radius 1 is 1.10 bits per heavy atom.